The third kappa shape index (κ3) is 5.89. The van der Waals surface area contributed by atoms with Gasteiger partial charge in [0.15, 0.2) is 5.69 Å². The molecule has 8 nitrogen and oxygen atoms in total. The maximum Gasteiger partial charge on any atom is 0.417 e. The molecule has 0 saturated carbocycles. The molecular weight excluding hydrogens is 425 g/mol. The van der Waals surface area contributed by atoms with Crippen LogP contribution in [0.2, 0.25) is 0 Å². The molecular formula is C21H24F3N6O2+. The summed E-state index contributed by atoms with van der Waals surface area (Å²) < 4.78 is 43.9. The highest BCUT2D eigenvalue weighted by molar-refractivity contribution is 6.14. The number of anilines is 1. The van der Waals surface area contributed by atoms with E-state index in [2.05, 4.69) is 15.4 Å². The van der Waals surface area contributed by atoms with Crippen molar-refractivity contribution in [3.8, 4) is 0 Å². The molecule has 2 aromatic rings. The number of nitrogens with zero attached hydrogens (tertiary/aromatic N) is 3. The topological polar surface area (TPSA) is 107 Å². The van der Waals surface area contributed by atoms with E-state index in [0.29, 0.717) is 30.8 Å². The van der Waals surface area contributed by atoms with Crippen molar-refractivity contribution in [1.82, 2.24) is 9.88 Å². The summed E-state index contributed by atoms with van der Waals surface area (Å²) >= 11 is 0. The number of nitrogens with two attached hydrogens (primary N) is 1. The number of carbonyl (C=O) groups is 1. The smallest absolute Gasteiger partial charge is 0.366 e. The summed E-state index contributed by atoms with van der Waals surface area (Å²) in [5.74, 6) is 0.0158. The largest absolute Gasteiger partial charge is 0.417 e. The highest BCUT2D eigenvalue weighted by atomic mass is 19.4. The van der Waals surface area contributed by atoms with Gasteiger partial charge in [0.2, 0.25) is 0 Å². The summed E-state index contributed by atoms with van der Waals surface area (Å²) in [4.78, 5) is 18.7. The number of hydrogen-bond donors (Lipinski definition) is 3. The van der Waals surface area contributed by atoms with Crippen molar-refractivity contribution in [2.75, 3.05) is 25.0 Å². The Hall–Kier alpha value is -3.31. The maximum atomic E-state index is 13.3. The molecule has 0 spiro atoms. The highest BCUT2D eigenvalue weighted by Crippen LogP contribution is 2.29. The zero-order valence-corrected chi connectivity index (χ0v) is 17.4. The second-order valence-corrected chi connectivity index (χ2v) is 7.17. The third-order valence-corrected chi connectivity index (χ3v) is 4.82. The first-order valence-corrected chi connectivity index (χ1v) is 9.95. The number of amides is 1. The van der Waals surface area contributed by atoms with Crippen molar-refractivity contribution in [3.05, 3.63) is 53.2 Å². The Balaban J connectivity index is 1.74. The zero-order valence-electron chi connectivity index (χ0n) is 17.4. The van der Waals surface area contributed by atoms with Gasteiger partial charge in [-0.1, -0.05) is 11.2 Å². The van der Waals surface area contributed by atoms with Crippen molar-refractivity contribution in [1.29, 1.82) is 5.41 Å². The first-order valence-electron chi connectivity index (χ1n) is 9.95. The molecule has 1 aromatic carbocycles. The molecule has 1 unspecified atom stereocenters. The Morgan fingerprint density at radius 3 is 2.91 bits per heavy atom. The van der Waals surface area contributed by atoms with E-state index in [1.54, 1.807) is 17.0 Å². The zero-order chi connectivity index (χ0) is 23.1. The fourth-order valence-electron chi connectivity index (χ4n) is 3.24. The van der Waals surface area contributed by atoms with Crippen LogP contribution in [0.4, 0.5) is 24.7 Å². The fourth-order valence-corrected chi connectivity index (χ4v) is 3.24. The van der Waals surface area contributed by atoms with E-state index >= 15 is 0 Å². The van der Waals surface area contributed by atoms with Gasteiger partial charge < -0.3 is 20.4 Å². The third-order valence-electron chi connectivity index (χ3n) is 4.82. The number of aromatic nitrogens is 1. The summed E-state index contributed by atoms with van der Waals surface area (Å²) in [7, 11) is 0. The Labute approximate surface area is 183 Å². The van der Waals surface area contributed by atoms with Crippen LogP contribution in [0, 0.1) is 12.3 Å². The molecule has 1 atom stereocenters. The van der Waals surface area contributed by atoms with Crippen molar-refractivity contribution in [2.24, 2.45) is 5.10 Å². The van der Waals surface area contributed by atoms with Crippen LogP contribution in [0.1, 0.15) is 27.9 Å². The summed E-state index contributed by atoms with van der Waals surface area (Å²) in [6.45, 7) is 2.99. The van der Waals surface area contributed by atoms with Gasteiger partial charge in [-0.05, 0) is 37.1 Å². The summed E-state index contributed by atoms with van der Waals surface area (Å²) in [5, 5.41) is 14.0. The monoisotopic (exact) mass is 449 g/mol. The second-order valence-electron chi connectivity index (χ2n) is 7.17. The minimum absolute atomic E-state index is 0.168. The predicted octanol–water partition coefficient (Wildman–Crippen LogP) is 2.54. The van der Waals surface area contributed by atoms with E-state index < -0.39 is 18.0 Å². The number of aryl methyl sites for hydroxylation is 1. The lowest BCUT2D eigenvalue weighted by molar-refractivity contribution is -0.577. The number of rotatable bonds is 7. The highest BCUT2D eigenvalue weighted by Gasteiger charge is 2.32. The van der Waals surface area contributed by atoms with Gasteiger partial charge in [-0.2, -0.15) is 18.6 Å². The Bertz CT molecular complexity index is 978. The molecule has 0 aliphatic carbocycles. The first kappa shape index (κ1) is 23.4. The molecule has 3 rings (SSSR count). The van der Waals surface area contributed by atoms with E-state index in [9.17, 15) is 18.0 Å². The van der Waals surface area contributed by atoms with E-state index in [-0.39, 0.29) is 18.3 Å². The van der Waals surface area contributed by atoms with E-state index in [0.717, 1.165) is 24.0 Å². The molecule has 1 aliphatic heterocycles. The minimum atomic E-state index is -4.45. The van der Waals surface area contributed by atoms with Crippen LogP contribution < -0.4 is 10.7 Å². The van der Waals surface area contributed by atoms with Crippen molar-refractivity contribution < 1.29 is 28.1 Å². The number of quaternary nitrogens is 1. The summed E-state index contributed by atoms with van der Waals surface area (Å²) in [6, 6.07) is 7.61. The summed E-state index contributed by atoms with van der Waals surface area (Å²) in [5.41, 5.74) is 2.66. The fraction of sp³-hybridized carbons (Fsp3) is 0.333. The van der Waals surface area contributed by atoms with Crippen LogP contribution in [0.25, 0.3) is 0 Å². The number of ether oxygens (including phenoxy) is 1. The second kappa shape index (κ2) is 10.3. The van der Waals surface area contributed by atoms with E-state index in [4.69, 9.17) is 10.1 Å². The van der Waals surface area contributed by atoms with Crippen LogP contribution in [-0.2, 0) is 10.9 Å². The lowest BCUT2D eigenvalue weighted by Gasteiger charge is -2.36. The molecule has 0 radical (unpaired) electrons. The SMILES string of the molecule is Cc1ccc([NH2+]/N=C\C=N)c(C(=O)N2CCCOC2CNc2ccc(C(F)(F)F)cn2)c1. The van der Waals surface area contributed by atoms with Crippen LogP contribution >= 0.6 is 0 Å². The maximum absolute atomic E-state index is 13.3. The predicted molar refractivity (Wildman–Crippen MR) is 113 cm³/mol. The Kier molecular flexibility index (Phi) is 7.54. The molecule has 11 heteroatoms. The average Bonchev–Trinajstić information content (AvgIpc) is 2.78. The van der Waals surface area contributed by atoms with Gasteiger partial charge in [0.05, 0.1) is 18.7 Å². The molecule has 32 heavy (non-hydrogen) atoms. The van der Waals surface area contributed by atoms with Gasteiger partial charge in [0.25, 0.3) is 5.91 Å². The standard InChI is InChI=1S/C21H23F3N6O2/c1-14-3-5-17(29-28-8-7-25)16(11-14)20(31)30-9-2-10-32-19(30)13-27-18-6-4-15(12-26-18)21(22,23)24/h3-8,11-12,19,25,29H,2,9-10,13H2,1H3,(H,26,27)/p+1/b25-7?,28-8-. The van der Waals surface area contributed by atoms with Gasteiger partial charge in [-0.15, -0.1) is 0 Å². The Morgan fingerprint density at radius 2 is 2.22 bits per heavy atom. The molecule has 1 fully saturated rings. The summed E-state index contributed by atoms with van der Waals surface area (Å²) in [6.07, 6.45) is -1.29. The van der Waals surface area contributed by atoms with Crippen molar-refractivity contribution >= 4 is 29.8 Å². The quantitative estimate of drug-likeness (QED) is 0.261. The first-order chi connectivity index (χ1) is 15.3. The molecule has 2 heterocycles. The molecule has 1 saturated heterocycles. The number of nitrogens with one attached hydrogen (secondary N) is 2. The molecule has 1 aliphatic rings. The van der Waals surface area contributed by atoms with Crippen molar-refractivity contribution in [3.63, 3.8) is 0 Å². The van der Waals surface area contributed by atoms with Gasteiger partial charge in [0.1, 0.15) is 23.8 Å². The van der Waals surface area contributed by atoms with Crippen LogP contribution in [0.5, 0.6) is 0 Å². The number of halogens is 3. The van der Waals surface area contributed by atoms with Gasteiger partial charge >= 0.3 is 6.18 Å². The normalized spacial score (nSPS) is 16.9. The van der Waals surface area contributed by atoms with Crippen LogP contribution in [-0.4, -0.2) is 54.1 Å². The number of benzene rings is 1. The Morgan fingerprint density at radius 1 is 1.41 bits per heavy atom. The van der Waals surface area contributed by atoms with E-state index in [1.807, 2.05) is 13.0 Å². The molecule has 1 amide bonds. The lowest BCUT2D eigenvalue weighted by atomic mass is 10.1. The molecule has 0 bridgehead atoms. The number of alkyl halides is 3. The van der Waals surface area contributed by atoms with Crippen molar-refractivity contribution in [2.45, 2.75) is 25.7 Å². The van der Waals surface area contributed by atoms with Gasteiger partial charge in [-0.25, -0.2) is 4.98 Å². The molecule has 1 aromatic heterocycles. The van der Waals surface area contributed by atoms with E-state index in [1.165, 1.54) is 17.7 Å². The molecule has 170 valence electrons. The van der Waals surface area contributed by atoms with Gasteiger partial charge in [0, 0.05) is 25.0 Å². The molecule has 4 N–H and O–H groups in total. The van der Waals surface area contributed by atoms with Crippen LogP contribution in [0.3, 0.4) is 0 Å². The number of hydrogen-bond acceptors (Lipinski definition) is 6. The lowest BCUT2D eigenvalue weighted by Crippen LogP contribution is -2.72. The minimum Gasteiger partial charge on any atom is -0.366 e. The van der Waals surface area contributed by atoms with Crippen LogP contribution in [0.15, 0.2) is 41.6 Å². The van der Waals surface area contributed by atoms with Gasteiger partial charge in [-0.3, -0.25) is 4.79 Å². The average molecular weight is 449 g/mol. The number of carbonyl (C=O) groups excluding carboxylic acids is 1. The number of pyridine rings is 1.